The molecule has 1 unspecified atom stereocenters. The molecule has 3 N–H and O–H groups in total. The number of aliphatic hydroxyl groups is 1. The van der Waals surface area contributed by atoms with Crippen molar-refractivity contribution in [2.75, 3.05) is 18.0 Å². The van der Waals surface area contributed by atoms with Crippen molar-refractivity contribution in [3.8, 4) is 0 Å². The summed E-state index contributed by atoms with van der Waals surface area (Å²) in [5.41, 5.74) is 7.31. The minimum absolute atomic E-state index is 0.0242. The van der Waals surface area contributed by atoms with Crippen LogP contribution in [0.1, 0.15) is 44.8 Å². The van der Waals surface area contributed by atoms with Gasteiger partial charge in [0.1, 0.15) is 0 Å². The lowest BCUT2D eigenvalue weighted by molar-refractivity contribution is 0.0481. The molecule has 18 heavy (non-hydrogen) atoms. The van der Waals surface area contributed by atoms with Gasteiger partial charge in [0, 0.05) is 19.1 Å². The number of anilines is 1. The quantitative estimate of drug-likeness (QED) is 0.839. The first kappa shape index (κ1) is 13.3. The van der Waals surface area contributed by atoms with Gasteiger partial charge >= 0.3 is 0 Å². The molecule has 100 valence electrons. The summed E-state index contributed by atoms with van der Waals surface area (Å²) in [4.78, 5) is 6.68. The van der Waals surface area contributed by atoms with Crippen LogP contribution in [-0.4, -0.2) is 28.8 Å². The van der Waals surface area contributed by atoms with Crippen LogP contribution in [0.4, 0.5) is 5.69 Å². The fourth-order valence-electron chi connectivity index (χ4n) is 2.38. The van der Waals surface area contributed by atoms with Crippen LogP contribution in [0, 0.1) is 0 Å². The Bertz CT molecular complexity index is 387. The normalized spacial score (nSPS) is 26.8. The average molecular weight is 249 g/mol. The van der Waals surface area contributed by atoms with Gasteiger partial charge < -0.3 is 15.7 Å². The van der Waals surface area contributed by atoms with Gasteiger partial charge in [0.05, 0.1) is 23.2 Å². The van der Waals surface area contributed by atoms with Crippen LogP contribution >= 0.6 is 0 Å². The van der Waals surface area contributed by atoms with Crippen molar-refractivity contribution in [1.82, 2.24) is 4.98 Å². The molecule has 0 radical (unpaired) electrons. The van der Waals surface area contributed by atoms with Gasteiger partial charge in [-0.1, -0.05) is 0 Å². The molecule has 1 aliphatic heterocycles. The van der Waals surface area contributed by atoms with Gasteiger partial charge in [-0.2, -0.15) is 0 Å². The molecule has 1 fully saturated rings. The Labute approximate surface area is 109 Å². The molecule has 1 aliphatic rings. The second-order valence-corrected chi connectivity index (χ2v) is 5.57. The highest BCUT2D eigenvalue weighted by Gasteiger charge is 2.25. The minimum atomic E-state index is -0.520. The van der Waals surface area contributed by atoms with Crippen LogP contribution < -0.4 is 10.6 Å². The zero-order valence-corrected chi connectivity index (χ0v) is 11.3. The SMILES string of the molecule is C[C@@H](N)c1ccc(N2CCCC(C)(O)CC2)cn1. The number of nitrogens with two attached hydrogens (primary N) is 1. The van der Waals surface area contributed by atoms with E-state index in [2.05, 4.69) is 16.0 Å². The van der Waals surface area contributed by atoms with E-state index in [1.54, 1.807) is 0 Å². The molecule has 2 rings (SSSR count). The number of nitrogens with zero attached hydrogens (tertiary/aromatic N) is 2. The van der Waals surface area contributed by atoms with Crippen LogP contribution in [0.25, 0.3) is 0 Å². The molecule has 0 spiro atoms. The lowest BCUT2D eigenvalue weighted by atomic mass is 9.98. The predicted octanol–water partition coefficient (Wildman–Crippen LogP) is 1.84. The molecule has 0 bridgehead atoms. The highest BCUT2D eigenvalue weighted by Crippen LogP contribution is 2.25. The number of hydrogen-bond donors (Lipinski definition) is 2. The zero-order chi connectivity index (χ0) is 13.2. The molecule has 2 heterocycles. The second-order valence-electron chi connectivity index (χ2n) is 5.57. The van der Waals surface area contributed by atoms with Crippen molar-refractivity contribution < 1.29 is 5.11 Å². The van der Waals surface area contributed by atoms with Crippen LogP contribution in [0.3, 0.4) is 0 Å². The Morgan fingerprint density at radius 2 is 2.17 bits per heavy atom. The Balaban J connectivity index is 2.07. The molecule has 4 heteroatoms. The smallest absolute Gasteiger partial charge is 0.0637 e. The molecule has 0 aliphatic carbocycles. The topological polar surface area (TPSA) is 62.4 Å². The van der Waals surface area contributed by atoms with E-state index in [1.807, 2.05) is 26.1 Å². The predicted molar refractivity (Wildman–Crippen MR) is 73.5 cm³/mol. The van der Waals surface area contributed by atoms with Crippen molar-refractivity contribution in [3.05, 3.63) is 24.0 Å². The maximum Gasteiger partial charge on any atom is 0.0637 e. The van der Waals surface area contributed by atoms with Crippen LogP contribution in [-0.2, 0) is 0 Å². The third-order valence-electron chi connectivity index (χ3n) is 3.67. The molecule has 1 aromatic heterocycles. The number of rotatable bonds is 2. The first-order valence-electron chi connectivity index (χ1n) is 6.67. The monoisotopic (exact) mass is 249 g/mol. The highest BCUT2D eigenvalue weighted by atomic mass is 16.3. The molecule has 0 saturated carbocycles. The van der Waals surface area contributed by atoms with Gasteiger partial charge in [0.2, 0.25) is 0 Å². The van der Waals surface area contributed by atoms with E-state index in [-0.39, 0.29) is 6.04 Å². The van der Waals surface area contributed by atoms with E-state index in [0.29, 0.717) is 0 Å². The average Bonchev–Trinajstić information content (AvgIpc) is 2.50. The van der Waals surface area contributed by atoms with Gasteiger partial charge in [-0.3, -0.25) is 4.98 Å². The molecular formula is C14H23N3O. The van der Waals surface area contributed by atoms with Crippen molar-refractivity contribution >= 4 is 5.69 Å². The summed E-state index contributed by atoms with van der Waals surface area (Å²) in [7, 11) is 0. The maximum absolute atomic E-state index is 10.1. The first-order valence-corrected chi connectivity index (χ1v) is 6.67. The van der Waals surface area contributed by atoms with Crippen LogP contribution in [0.5, 0.6) is 0 Å². The molecular weight excluding hydrogens is 226 g/mol. The third kappa shape index (κ3) is 3.21. The van der Waals surface area contributed by atoms with Crippen molar-refractivity contribution in [3.63, 3.8) is 0 Å². The van der Waals surface area contributed by atoms with Gasteiger partial charge in [-0.15, -0.1) is 0 Å². The van der Waals surface area contributed by atoms with Gasteiger partial charge in [-0.25, -0.2) is 0 Å². The van der Waals surface area contributed by atoms with E-state index in [1.165, 1.54) is 0 Å². The molecule has 0 amide bonds. The lowest BCUT2D eigenvalue weighted by Gasteiger charge is -2.24. The molecule has 2 atom stereocenters. The Hall–Kier alpha value is -1.13. The molecule has 1 saturated heterocycles. The maximum atomic E-state index is 10.1. The van der Waals surface area contributed by atoms with Gasteiger partial charge in [0.25, 0.3) is 0 Å². The summed E-state index contributed by atoms with van der Waals surface area (Å²) in [5.74, 6) is 0. The van der Waals surface area contributed by atoms with Crippen LogP contribution in [0.2, 0.25) is 0 Å². The van der Waals surface area contributed by atoms with Crippen molar-refractivity contribution in [2.45, 2.75) is 44.8 Å². The van der Waals surface area contributed by atoms with E-state index in [9.17, 15) is 5.11 Å². The van der Waals surface area contributed by atoms with E-state index in [0.717, 1.165) is 43.7 Å². The highest BCUT2D eigenvalue weighted by molar-refractivity contribution is 5.45. The molecule has 1 aromatic rings. The fourth-order valence-corrected chi connectivity index (χ4v) is 2.38. The summed E-state index contributed by atoms with van der Waals surface area (Å²) in [6, 6.07) is 4.04. The fraction of sp³-hybridized carbons (Fsp3) is 0.643. The Morgan fingerprint density at radius 1 is 1.39 bits per heavy atom. The lowest BCUT2D eigenvalue weighted by Crippen LogP contribution is -2.28. The summed E-state index contributed by atoms with van der Waals surface area (Å²) < 4.78 is 0. The minimum Gasteiger partial charge on any atom is -0.390 e. The summed E-state index contributed by atoms with van der Waals surface area (Å²) in [6.07, 6.45) is 4.58. The summed E-state index contributed by atoms with van der Waals surface area (Å²) in [6.45, 7) is 5.72. The summed E-state index contributed by atoms with van der Waals surface area (Å²) in [5, 5.41) is 10.1. The Kier molecular flexibility index (Phi) is 3.88. The van der Waals surface area contributed by atoms with Crippen LogP contribution in [0.15, 0.2) is 18.3 Å². The molecule has 0 aromatic carbocycles. The van der Waals surface area contributed by atoms with E-state index < -0.39 is 5.60 Å². The van der Waals surface area contributed by atoms with Crippen molar-refractivity contribution in [1.29, 1.82) is 0 Å². The van der Waals surface area contributed by atoms with E-state index >= 15 is 0 Å². The largest absolute Gasteiger partial charge is 0.390 e. The number of hydrogen-bond acceptors (Lipinski definition) is 4. The summed E-state index contributed by atoms with van der Waals surface area (Å²) >= 11 is 0. The number of aromatic nitrogens is 1. The zero-order valence-electron chi connectivity index (χ0n) is 11.3. The Morgan fingerprint density at radius 3 is 2.78 bits per heavy atom. The van der Waals surface area contributed by atoms with Crippen molar-refractivity contribution in [2.24, 2.45) is 5.73 Å². The third-order valence-corrected chi connectivity index (χ3v) is 3.67. The first-order chi connectivity index (χ1) is 8.48. The van der Waals surface area contributed by atoms with E-state index in [4.69, 9.17) is 5.73 Å². The standard InChI is InChI=1S/C14H23N3O/c1-11(15)13-5-4-12(10-16-13)17-8-3-6-14(2,18)7-9-17/h4-5,10-11,18H,3,6-9,15H2,1-2H3/t11-,14?/m1/s1. The molecule has 4 nitrogen and oxygen atoms in total. The second kappa shape index (κ2) is 5.24. The van der Waals surface area contributed by atoms with Gasteiger partial charge in [0.15, 0.2) is 0 Å². The van der Waals surface area contributed by atoms with Gasteiger partial charge in [-0.05, 0) is 45.2 Å². The number of pyridine rings is 1.